The second-order valence-corrected chi connectivity index (χ2v) is 6.88. The smallest absolute Gasteiger partial charge is 0.163 e. The Hall–Kier alpha value is -2.20. The fraction of sp³-hybridized carbons (Fsp3) is 0.182. The first-order chi connectivity index (χ1) is 13.2. The highest BCUT2D eigenvalue weighted by Gasteiger charge is 2.11. The Morgan fingerprint density at radius 3 is 2.26 bits per heavy atom. The van der Waals surface area contributed by atoms with Gasteiger partial charge in [0.05, 0.1) is 7.11 Å². The first kappa shape index (κ1) is 19.6. The molecule has 1 N–H and O–H groups in total. The van der Waals surface area contributed by atoms with Crippen LogP contribution in [0.4, 0.5) is 0 Å². The van der Waals surface area contributed by atoms with Gasteiger partial charge in [-0.2, -0.15) is 0 Å². The van der Waals surface area contributed by atoms with E-state index in [0.29, 0.717) is 34.7 Å². The molecule has 5 heteroatoms. The third-order valence-corrected chi connectivity index (χ3v) is 4.88. The molecule has 0 spiro atoms. The van der Waals surface area contributed by atoms with Crippen molar-refractivity contribution in [2.45, 2.75) is 19.7 Å². The molecular formula is C22H21Cl2NO2. The first-order valence-electron chi connectivity index (χ1n) is 8.64. The van der Waals surface area contributed by atoms with Crippen molar-refractivity contribution in [1.82, 2.24) is 5.32 Å². The molecule has 0 aromatic heterocycles. The molecule has 140 valence electrons. The highest BCUT2D eigenvalue weighted by atomic mass is 35.5. The van der Waals surface area contributed by atoms with Crippen molar-refractivity contribution in [3.8, 4) is 11.5 Å². The quantitative estimate of drug-likeness (QED) is 0.511. The Labute approximate surface area is 169 Å². The van der Waals surface area contributed by atoms with E-state index in [2.05, 4.69) is 17.4 Å². The van der Waals surface area contributed by atoms with Gasteiger partial charge in [-0.05, 0) is 23.3 Å². The van der Waals surface area contributed by atoms with Crippen LogP contribution in [0.3, 0.4) is 0 Å². The number of ether oxygens (including phenoxy) is 2. The third-order valence-electron chi connectivity index (χ3n) is 4.16. The largest absolute Gasteiger partial charge is 0.493 e. The minimum atomic E-state index is 0.345. The molecule has 0 aliphatic heterocycles. The summed E-state index contributed by atoms with van der Waals surface area (Å²) in [5, 5.41) is 4.70. The van der Waals surface area contributed by atoms with Gasteiger partial charge in [-0.15, -0.1) is 0 Å². The summed E-state index contributed by atoms with van der Waals surface area (Å²) in [6.07, 6.45) is 0. The molecule has 0 aliphatic carbocycles. The SMILES string of the molecule is COc1cc(CNCc2ccccc2)c(Cl)cc1OCc1ccccc1Cl. The zero-order valence-corrected chi connectivity index (χ0v) is 16.6. The van der Waals surface area contributed by atoms with E-state index in [1.54, 1.807) is 13.2 Å². The molecule has 0 heterocycles. The average molecular weight is 402 g/mol. The van der Waals surface area contributed by atoms with E-state index >= 15 is 0 Å². The van der Waals surface area contributed by atoms with Gasteiger partial charge >= 0.3 is 0 Å². The molecule has 0 fully saturated rings. The van der Waals surface area contributed by atoms with Crippen molar-refractivity contribution in [2.75, 3.05) is 7.11 Å². The van der Waals surface area contributed by atoms with Crippen molar-refractivity contribution in [2.24, 2.45) is 0 Å². The number of halogens is 2. The van der Waals surface area contributed by atoms with Crippen molar-refractivity contribution >= 4 is 23.2 Å². The second-order valence-electron chi connectivity index (χ2n) is 6.06. The molecule has 0 aliphatic rings. The molecule has 3 nitrogen and oxygen atoms in total. The van der Waals surface area contributed by atoms with Crippen LogP contribution in [0.1, 0.15) is 16.7 Å². The minimum absolute atomic E-state index is 0.345. The van der Waals surface area contributed by atoms with Crippen LogP contribution in [0.15, 0.2) is 66.7 Å². The van der Waals surface area contributed by atoms with Crippen LogP contribution in [0.5, 0.6) is 11.5 Å². The van der Waals surface area contributed by atoms with E-state index in [-0.39, 0.29) is 0 Å². The first-order valence-corrected chi connectivity index (χ1v) is 9.40. The zero-order valence-electron chi connectivity index (χ0n) is 15.0. The van der Waals surface area contributed by atoms with Gasteiger partial charge < -0.3 is 14.8 Å². The highest BCUT2D eigenvalue weighted by molar-refractivity contribution is 6.31. The van der Waals surface area contributed by atoms with Gasteiger partial charge in [0.2, 0.25) is 0 Å². The van der Waals surface area contributed by atoms with Crippen molar-refractivity contribution in [1.29, 1.82) is 0 Å². The fourth-order valence-electron chi connectivity index (χ4n) is 2.69. The molecule has 0 radical (unpaired) electrons. The zero-order chi connectivity index (χ0) is 19.1. The summed E-state index contributed by atoms with van der Waals surface area (Å²) >= 11 is 12.6. The number of rotatable bonds is 8. The maximum absolute atomic E-state index is 6.45. The lowest BCUT2D eigenvalue weighted by atomic mass is 10.1. The number of methoxy groups -OCH3 is 1. The lowest BCUT2D eigenvalue weighted by molar-refractivity contribution is 0.284. The van der Waals surface area contributed by atoms with E-state index in [1.807, 2.05) is 48.5 Å². The third kappa shape index (κ3) is 5.39. The lowest BCUT2D eigenvalue weighted by Crippen LogP contribution is -2.13. The Morgan fingerprint density at radius 1 is 0.778 bits per heavy atom. The summed E-state index contributed by atoms with van der Waals surface area (Å²) in [7, 11) is 1.62. The molecule has 3 aromatic rings. The normalized spacial score (nSPS) is 10.6. The number of hydrogen-bond donors (Lipinski definition) is 1. The maximum Gasteiger partial charge on any atom is 0.163 e. The number of hydrogen-bond acceptors (Lipinski definition) is 3. The summed E-state index contributed by atoms with van der Waals surface area (Å²) in [5.41, 5.74) is 3.08. The monoisotopic (exact) mass is 401 g/mol. The van der Waals surface area contributed by atoms with Crippen LogP contribution < -0.4 is 14.8 Å². The Balaban J connectivity index is 1.66. The Kier molecular flexibility index (Phi) is 6.99. The number of benzene rings is 3. The van der Waals surface area contributed by atoms with Gasteiger partial charge in [0.15, 0.2) is 11.5 Å². The molecule has 3 rings (SSSR count). The standard InChI is InChI=1S/C22H21Cl2NO2/c1-26-21-11-18(14-25-13-16-7-3-2-4-8-16)20(24)12-22(21)27-15-17-9-5-6-10-19(17)23/h2-12,25H,13-15H2,1H3. The lowest BCUT2D eigenvalue weighted by Gasteiger charge is -2.15. The molecule has 0 atom stereocenters. The van der Waals surface area contributed by atoms with Gasteiger partial charge in [0.1, 0.15) is 6.61 Å². The summed E-state index contributed by atoms with van der Waals surface area (Å²) in [5.74, 6) is 1.23. The molecule has 3 aromatic carbocycles. The van der Waals surface area contributed by atoms with Crippen LogP contribution in [-0.2, 0) is 19.7 Å². The van der Waals surface area contributed by atoms with E-state index in [9.17, 15) is 0 Å². The molecule has 27 heavy (non-hydrogen) atoms. The molecular weight excluding hydrogens is 381 g/mol. The number of nitrogens with one attached hydrogen (secondary N) is 1. The predicted octanol–water partition coefficient (Wildman–Crippen LogP) is 5.87. The molecule has 0 amide bonds. The van der Waals surface area contributed by atoms with Crippen LogP contribution in [0, 0.1) is 0 Å². The van der Waals surface area contributed by atoms with E-state index < -0.39 is 0 Å². The average Bonchev–Trinajstić information content (AvgIpc) is 2.69. The van der Waals surface area contributed by atoms with Gasteiger partial charge in [-0.1, -0.05) is 71.7 Å². The molecule has 0 saturated carbocycles. The van der Waals surface area contributed by atoms with Crippen LogP contribution in [0.25, 0.3) is 0 Å². The van der Waals surface area contributed by atoms with Gasteiger partial charge in [0.25, 0.3) is 0 Å². The highest BCUT2D eigenvalue weighted by Crippen LogP contribution is 2.34. The topological polar surface area (TPSA) is 30.5 Å². The second kappa shape index (κ2) is 9.65. The van der Waals surface area contributed by atoms with E-state index in [4.69, 9.17) is 32.7 Å². The Bertz CT molecular complexity index is 885. The fourth-order valence-corrected chi connectivity index (χ4v) is 3.10. The summed E-state index contributed by atoms with van der Waals surface area (Å²) in [6, 6.07) is 21.5. The van der Waals surface area contributed by atoms with Crippen LogP contribution in [-0.4, -0.2) is 7.11 Å². The van der Waals surface area contributed by atoms with E-state index in [1.165, 1.54) is 5.56 Å². The predicted molar refractivity (Wildman–Crippen MR) is 111 cm³/mol. The van der Waals surface area contributed by atoms with Gasteiger partial charge in [0, 0.05) is 34.8 Å². The summed E-state index contributed by atoms with van der Waals surface area (Å²) in [4.78, 5) is 0. The molecule has 0 bridgehead atoms. The van der Waals surface area contributed by atoms with Crippen molar-refractivity contribution < 1.29 is 9.47 Å². The minimum Gasteiger partial charge on any atom is -0.493 e. The summed E-state index contributed by atoms with van der Waals surface area (Å²) in [6.45, 7) is 1.75. The molecule has 0 unspecified atom stereocenters. The maximum atomic E-state index is 6.45. The van der Waals surface area contributed by atoms with Crippen LogP contribution >= 0.6 is 23.2 Å². The van der Waals surface area contributed by atoms with Crippen molar-refractivity contribution in [3.63, 3.8) is 0 Å². The van der Waals surface area contributed by atoms with Gasteiger partial charge in [-0.3, -0.25) is 0 Å². The molecule has 0 saturated heterocycles. The van der Waals surface area contributed by atoms with Gasteiger partial charge in [-0.25, -0.2) is 0 Å². The van der Waals surface area contributed by atoms with Crippen molar-refractivity contribution in [3.05, 3.63) is 93.5 Å². The van der Waals surface area contributed by atoms with E-state index in [0.717, 1.165) is 17.7 Å². The Morgan fingerprint density at radius 2 is 1.52 bits per heavy atom. The van der Waals surface area contributed by atoms with Crippen LogP contribution in [0.2, 0.25) is 10.0 Å². The summed E-state index contributed by atoms with van der Waals surface area (Å²) < 4.78 is 11.4.